The highest BCUT2D eigenvalue weighted by atomic mass is 16.6. The number of carbonyl (C=O) groups excluding carboxylic acids is 1. The minimum atomic E-state index is -0.475. The van der Waals surface area contributed by atoms with Crippen molar-refractivity contribution in [2.24, 2.45) is 0 Å². The number of nitrogens with one attached hydrogen (secondary N) is 1. The summed E-state index contributed by atoms with van der Waals surface area (Å²) >= 11 is 0. The maximum atomic E-state index is 11.5. The lowest BCUT2D eigenvalue weighted by molar-refractivity contribution is 0.0527. The fraction of sp³-hybridized carbons (Fsp3) is 0.556. The third-order valence-corrected chi connectivity index (χ3v) is 3.75. The number of nitrogen functional groups attached to an aromatic ring is 1. The predicted octanol–water partition coefficient (Wildman–Crippen LogP) is 2.81. The first-order valence-electron chi connectivity index (χ1n) is 8.62. The van der Waals surface area contributed by atoms with Crippen LogP contribution >= 0.6 is 0 Å². The molecule has 1 amide bonds. The minimum Gasteiger partial charge on any atom is -0.444 e. The van der Waals surface area contributed by atoms with Gasteiger partial charge in [0.05, 0.1) is 17.6 Å². The molecule has 0 aliphatic carbocycles. The summed E-state index contributed by atoms with van der Waals surface area (Å²) in [6.45, 7) is 6.86. The molecule has 0 fully saturated rings. The number of carbonyl (C=O) groups is 1. The topological polar surface area (TPSA) is 102 Å². The van der Waals surface area contributed by atoms with Gasteiger partial charge in [-0.3, -0.25) is 0 Å². The normalized spacial score (nSPS) is 11.7. The van der Waals surface area contributed by atoms with Gasteiger partial charge in [0, 0.05) is 13.1 Å². The number of amides is 1. The Balaban J connectivity index is 1.78. The van der Waals surface area contributed by atoms with Crippen molar-refractivity contribution in [1.82, 2.24) is 14.9 Å². The predicted molar refractivity (Wildman–Crippen MR) is 98.2 cm³/mol. The lowest BCUT2D eigenvalue weighted by atomic mass is 10.2. The Morgan fingerprint density at radius 2 is 2.08 bits per heavy atom. The standard InChI is InChI=1S/C18H28N4O3/c1-18(2,3)25-17(24)20-9-5-4-6-10-22-15-11-13(12-23)7-8-14(15)21-16(22)19/h7-8,11,23H,4-6,9-10,12H2,1-3H3,(H2,19,21)(H,20,24). The summed E-state index contributed by atoms with van der Waals surface area (Å²) in [5, 5.41) is 12.0. The summed E-state index contributed by atoms with van der Waals surface area (Å²) in [6.07, 6.45) is 2.37. The van der Waals surface area contributed by atoms with E-state index in [1.165, 1.54) is 0 Å². The smallest absolute Gasteiger partial charge is 0.407 e. The van der Waals surface area contributed by atoms with Crippen LogP contribution in [0.5, 0.6) is 0 Å². The van der Waals surface area contributed by atoms with Crippen LogP contribution in [0.25, 0.3) is 11.0 Å². The van der Waals surface area contributed by atoms with E-state index in [0.717, 1.165) is 42.4 Å². The third kappa shape index (κ3) is 5.63. The van der Waals surface area contributed by atoms with Crippen molar-refractivity contribution in [2.75, 3.05) is 12.3 Å². The lowest BCUT2D eigenvalue weighted by Crippen LogP contribution is -2.33. The number of aryl methyl sites for hydroxylation is 1. The number of hydrogen-bond donors (Lipinski definition) is 3. The number of imidazole rings is 1. The van der Waals surface area contributed by atoms with Gasteiger partial charge < -0.3 is 25.5 Å². The molecule has 7 heteroatoms. The molecule has 1 heterocycles. The van der Waals surface area contributed by atoms with Gasteiger partial charge >= 0.3 is 6.09 Å². The van der Waals surface area contributed by atoms with Gasteiger partial charge in [-0.1, -0.05) is 6.07 Å². The second-order valence-electron chi connectivity index (χ2n) is 7.09. The molecule has 0 saturated carbocycles. The van der Waals surface area contributed by atoms with Crippen LogP contribution in [0.3, 0.4) is 0 Å². The quantitative estimate of drug-likeness (QED) is 0.668. The summed E-state index contributed by atoms with van der Waals surface area (Å²) in [7, 11) is 0. The zero-order valence-electron chi connectivity index (χ0n) is 15.2. The van der Waals surface area contributed by atoms with Crippen molar-refractivity contribution >= 4 is 23.1 Å². The van der Waals surface area contributed by atoms with Gasteiger partial charge in [-0.05, 0) is 57.7 Å². The monoisotopic (exact) mass is 348 g/mol. The van der Waals surface area contributed by atoms with Crippen molar-refractivity contribution in [3.63, 3.8) is 0 Å². The van der Waals surface area contributed by atoms with Gasteiger partial charge in [-0.25, -0.2) is 9.78 Å². The van der Waals surface area contributed by atoms with E-state index in [0.29, 0.717) is 12.5 Å². The van der Waals surface area contributed by atoms with Gasteiger partial charge in [-0.15, -0.1) is 0 Å². The van der Waals surface area contributed by atoms with Crippen LogP contribution in [0, 0.1) is 0 Å². The first-order chi connectivity index (χ1) is 11.8. The first kappa shape index (κ1) is 19.1. The fourth-order valence-electron chi connectivity index (χ4n) is 2.60. The molecule has 7 nitrogen and oxygen atoms in total. The van der Waals surface area contributed by atoms with Crippen molar-refractivity contribution in [3.8, 4) is 0 Å². The number of ether oxygens (including phenoxy) is 1. The van der Waals surface area contributed by atoms with Gasteiger partial charge in [-0.2, -0.15) is 0 Å². The van der Waals surface area contributed by atoms with Crippen LogP contribution in [0.2, 0.25) is 0 Å². The van der Waals surface area contributed by atoms with Crippen LogP contribution in [-0.2, 0) is 17.9 Å². The summed E-state index contributed by atoms with van der Waals surface area (Å²) in [4.78, 5) is 15.9. The first-order valence-corrected chi connectivity index (χ1v) is 8.62. The van der Waals surface area contributed by atoms with Crippen LogP contribution < -0.4 is 11.1 Å². The molecule has 25 heavy (non-hydrogen) atoms. The number of nitrogens with two attached hydrogens (primary N) is 1. The van der Waals surface area contributed by atoms with E-state index in [1.54, 1.807) is 0 Å². The molecule has 0 aliphatic heterocycles. The van der Waals surface area contributed by atoms with Crippen LogP contribution in [-0.4, -0.2) is 32.9 Å². The highest BCUT2D eigenvalue weighted by Crippen LogP contribution is 2.20. The Kier molecular flexibility index (Phi) is 6.25. The highest BCUT2D eigenvalue weighted by Gasteiger charge is 2.15. The van der Waals surface area contributed by atoms with Gasteiger partial charge in [0.15, 0.2) is 0 Å². The van der Waals surface area contributed by atoms with E-state index >= 15 is 0 Å². The summed E-state index contributed by atoms with van der Waals surface area (Å²) in [6, 6.07) is 5.64. The zero-order valence-corrected chi connectivity index (χ0v) is 15.2. The number of aliphatic hydroxyl groups excluding tert-OH is 1. The van der Waals surface area contributed by atoms with Crippen molar-refractivity contribution < 1.29 is 14.6 Å². The van der Waals surface area contributed by atoms with E-state index in [4.69, 9.17) is 10.5 Å². The Labute approximate surface area is 148 Å². The molecule has 0 unspecified atom stereocenters. The summed E-state index contributed by atoms with van der Waals surface area (Å²) in [5.41, 5.74) is 8.14. The Hall–Kier alpha value is -2.28. The van der Waals surface area contributed by atoms with Gasteiger partial charge in [0.1, 0.15) is 5.60 Å². The molecule has 0 atom stereocenters. The molecule has 2 rings (SSSR count). The molecule has 2 aromatic rings. The van der Waals surface area contributed by atoms with Crippen LogP contribution in [0.1, 0.15) is 45.6 Å². The second-order valence-corrected chi connectivity index (χ2v) is 7.09. The van der Waals surface area contributed by atoms with E-state index in [1.807, 2.05) is 43.5 Å². The SMILES string of the molecule is CC(C)(C)OC(=O)NCCCCCn1c(N)nc2ccc(CO)cc21. The number of aliphatic hydroxyl groups is 1. The number of unbranched alkanes of at least 4 members (excludes halogenated alkanes) is 2. The zero-order chi connectivity index (χ0) is 18.4. The average Bonchev–Trinajstić information content (AvgIpc) is 2.83. The van der Waals surface area contributed by atoms with E-state index in [-0.39, 0.29) is 12.7 Å². The van der Waals surface area contributed by atoms with E-state index < -0.39 is 5.60 Å². The number of anilines is 1. The lowest BCUT2D eigenvalue weighted by Gasteiger charge is -2.19. The summed E-state index contributed by atoms with van der Waals surface area (Å²) < 4.78 is 7.16. The molecule has 0 radical (unpaired) electrons. The van der Waals surface area contributed by atoms with Gasteiger partial charge in [0.25, 0.3) is 0 Å². The van der Waals surface area contributed by atoms with Crippen LogP contribution in [0.15, 0.2) is 18.2 Å². The van der Waals surface area contributed by atoms with Gasteiger partial charge in [0.2, 0.25) is 5.95 Å². The molecule has 0 aliphatic rings. The number of alkyl carbamates (subject to hydrolysis) is 1. The maximum Gasteiger partial charge on any atom is 0.407 e. The molecule has 0 spiro atoms. The van der Waals surface area contributed by atoms with E-state index in [2.05, 4.69) is 10.3 Å². The molecule has 4 N–H and O–H groups in total. The number of nitrogens with zero attached hydrogens (tertiary/aromatic N) is 2. The third-order valence-electron chi connectivity index (χ3n) is 3.75. The number of hydrogen-bond acceptors (Lipinski definition) is 5. The molecule has 0 saturated heterocycles. The van der Waals surface area contributed by atoms with Crippen molar-refractivity contribution in [3.05, 3.63) is 23.8 Å². The molecular formula is C18H28N4O3. The van der Waals surface area contributed by atoms with Crippen molar-refractivity contribution in [2.45, 2.75) is 58.8 Å². The Morgan fingerprint density at radius 1 is 1.32 bits per heavy atom. The molecule has 138 valence electrons. The maximum absolute atomic E-state index is 11.5. The van der Waals surface area contributed by atoms with E-state index in [9.17, 15) is 9.90 Å². The molecule has 1 aromatic carbocycles. The van der Waals surface area contributed by atoms with Crippen molar-refractivity contribution in [1.29, 1.82) is 0 Å². The highest BCUT2D eigenvalue weighted by molar-refractivity contribution is 5.79. The Morgan fingerprint density at radius 3 is 2.76 bits per heavy atom. The number of rotatable bonds is 7. The van der Waals surface area contributed by atoms with Crippen LogP contribution in [0.4, 0.5) is 10.7 Å². The largest absolute Gasteiger partial charge is 0.444 e. The summed E-state index contributed by atoms with van der Waals surface area (Å²) in [5.74, 6) is 0.483. The number of fused-ring (bicyclic) bond motifs is 1. The Bertz CT molecular complexity index is 719. The second kappa shape index (κ2) is 8.20. The average molecular weight is 348 g/mol. The molecule has 1 aromatic heterocycles. The fourth-order valence-corrected chi connectivity index (χ4v) is 2.60. The minimum absolute atomic E-state index is 0.00262. The molecule has 0 bridgehead atoms. The molecular weight excluding hydrogens is 320 g/mol. The number of aromatic nitrogens is 2. The number of benzene rings is 1.